The van der Waals surface area contributed by atoms with Crippen molar-refractivity contribution in [2.24, 2.45) is 0 Å². The van der Waals surface area contributed by atoms with Crippen molar-refractivity contribution in [2.45, 2.75) is 12.7 Å². The summed E-state index contributed by atoms with van der Waals surface area (Å²) in [6.07, 6.45) is 1.58. The van der Waals surface area contributed by atoms with Gasteiger partial charge in [0.15, 0.2) is 0 Å². The van der Waals surface area contributed by atoms with Gasteiger partial charge < -0.3 is 5.32 Å². The largest absolute Gasteiger partial charge is 0.322 e. The van der Waals surface area contributed by atoms with Crippen LogP contribution in [0.3, 0.4) is 0 Å². The molecule has 0 aromatic heterocycles. The summed E-state index contributed by atoms with van der Waals surface area (Å²) in [6, 6.07) is 9.02. The normalized spacial score (nSPS) is 12.0. The first-order valence-corrected chi connectivity index (χ1v) is 8.63. The van der Waals surface area contributed by atoms with Crippen LogP contribution in [-0.4, -0.2) is 16.4 Å². The molecule has 1 amide bonds. The maximum absolute atomic E-state index is 13.3. The number of anilines is 1. The van der Waals surface area contributed by atoms with Crippen LogP contribution in [0, 0.1) is 12.7 Å². The van der Waals surface area contributed by atoms with Crippen molar-refractivity contribution in [1.82, 2.24) is 0 Å². The molecule has 0 aliphatic rings. The summed E-state index contributed by atoms with van der Waals surface area (Å²) < 4.78 is 24.6. The van der Waals surface area contributed by atoms with E-state index in [0.29, 0.717) is 27.6 Å². The average molecular weight is 340 g/mol. The van der Waals surface area contributed by atoms with Gasteiger partial charge in [0.2, 0.25) is 0 Å². The molecule has 0 saturated carbocycles. The molecule has 1 unspecified atom stereocenters. The van der Waals surface area contributed by atoms with Gasteiger partial charge in [-0.1, -0.05) is 17.7 Å². The molecule has 2 aromatic carbocycles. The lowest BCUT2D eigenvalue weighted by Gasteiger charge is -2.10. The van der Waals surface area contributed by atoms with Crippen LogP contribution in [0.25, 0.3) is 0 Å². The lowest BCUT2D eigenvalue weighted by molar-refractivity contribution is 0.102. The molecule has 0 aliphatic carbocycles. The first kappa shape index (κ1) is 16.6. The number of halogens is 2. The van der Waals surface area contributed by atoms with Crippen molar-refractivity contribution in [3.05, 3.63) is 63.9 Å². The van der Waals surface area contributed by atoms with Gasteiger partial charge >= 0.3 is 0 Å². The van der Waals surface area contributed by atoms with E-state index >= 15 is 0 Å². The van der Waals surface area contributed by atoms with Crippen LogP contribution in [-0.2, 0) is 16.6 Å². The maximum Gasteiger partial charge on any atom is 0.256 e. The van der Waals surface area contributed by atoms with Gasteiger partial charge in [0.25, 0.3) is 5.91 Å². The predicted octanol–water partition coefficient (Wildman–Crippen LogP) is 3.92. The summed E-state index contributed by atoms with van der Waals surface area (Å²) in [7, 11) is -1.04. The maximum atomic E-state index is 13.3. The summed E-state index contributed by atoms with van der Waals surface area (Å²) in [4.78, 5) is 12.2. The quantitative estimate of drug-likeness (QED) is 0.917. The van der Waals surface area contributed by atoms with Crippen LogP contribution >= 0.6 is 11.6 Å². The van der Waals surface area contributed by atoms with E-state index in [1.165, 1.54) is 12.1 Å². The Morgan fingerprint density at radius 2 is 2.00 bits per heavy atom. The second kappa shape index (κ2) is 7.03. The number of benzene rings is 2. The molecular formula is C16H15ClFNO2S. The zero-order chi connectivity index (χ0) is 16.3. The van der Waals surface area contributed by atoms with E-state index in [0.717, 1.165) is 0 Å². The Kier molecular flexibility index (Phi) is 5.32. The Labute approximate surface area is 136 Å². The zero-order valence-corrected chi connectivity index (χ0v) is 13.7. The minimum absolute atomic E-state index is 0.274. The van der Waals surface area contributed by atoms with E-state index < -0.39 is 22.5 Å². The van der Waals surface area contributed by atoms with Gasteiger partial charge in [0.05, 0.1) is 0 Å². The number of aryl methyl sites for hydroxylation is 1. The molecule has 2 aromatic rings. The highest BCUT2D eigenvalue weighted by Gasteiger charge is 2.12. The van der Waals surface area contributed by atoms with Crippen LogP contribution in [0.15, 0.2) is 36.4 Å². The summed E-state index contributed by atoms with van der Waals surface area (Å²) in [5.74, 6) is -0.557. The summed E-state index contributed by atoms with van der Waals surface area (Å²) in [5, 5.41) is 3.20. The van der Waals surface area contributed by atoms with Crippen LogP contribution in [0.5, 0.6) is 0 Å². The summed E-state index contributed by atoms with van der Waals surface area (Å²) >= 11 is 6.04. The van der Waals surface area contributed by atoms with Crippen molar-refractivity contribution in [3.63, 3.8) is 0 Å². The number of nitrogens with one attached hydrogen (secondary N) is 1. The van der Waals surface area contributed by atoms with Gasteiger partial charge in [-0.15, -0.1) is 0 Å². The SMILES string of the molecule is Cc1ccc(F)cc1C(=O)Nc1ccc(Cl)c(CS(C)=O)c1. The summed E-state index contributed by atoms with van der Waals surface area (Å²) in [5.41, 5.74) is 2.17. The second-order valence-electron chi connectivity index (χ2n) is 4.94. The monoisotopic (exact) mass is 339 g/mol. The first-order valence-electron chi connectivity index (χ1n) is 6.53. The van der Waals surface area contributed by atoms with Gasteiger partial charge in [-0.05, 0) is 48.4 Å². The van der Waals surface area contributed by atoms with Crippen molar-refractivity contribution in [2.75, 3.05) is 11.6 Å². The highest BCUT2D eigenvalue weighted by Crippen LogP contribution is 2.22. The lowest BCUT2D eigenvalue weighted by Crippen LogP contribution is -2.14. The topological polar surface area (TPSA) is 46.2 Å². The summed E-state index contributed by atoms with van der Waals surface area (Å²) in [6.45, 7) is 1.74. The van der Waals surface area contributed by atoms with E-state index in [9.17, 15) is 13.4 Å². The number of hydrogen-bond acceptors (Lipinski definition) is 2. The molecule has 1 N–H and O–H groups in total. The van der Waals surface area contributed by atoms with Crippen LogP contribution in [0.2, 0.25) is 5.02 Å². The van der Waals surface area contributed by atoms with Crippen molar-refractivity contribution in [3.8, 4) is 0 Å². The lowest BCUT2D eigenvalue weighted by atomic mass is 10.1. The van der Waals surface area contributed by atoms with E-state index in [1.807, 2.05) is 0 Å². The molecule has 2 rings (SSSR count). The van der Waals surface area contributed by atoms with Crippen LogP contribution < -0.4 is 5.32 Å². The molecule has 0 spiro atoms. The number of carbonyl (C=O) groups is 1. The Morgan fingerprint density at radius 1 is 1.27 bits per heavy atom. The molecule has 0 fully saturated rings. The third-order valence-electron chi connectivity index (χ3n) is 3.11. The predicted molar refractivity (Wildman–Crippen MR) is 88.3 cm³/mol. The fourth-order valence-electron chi connectivity index (χ4n) is 2.02. The van der Waals surface area contributed by atoms with Gasteiger partial charge in [0.1, 0.15) is 5.82 Å². The van der Waals surface area contributed by atoms with Gasteiger partial charge in [0, 0.05) is 39.1 Å². The van der Waals surface area contributed by atoms with Crippen LogP contribution in [0.4, 0.5) is 10.1 Å². The number of rotatable bonds is 4. The molecule has 22 heavy (non-hydrogen) atoms. The highest BCUT2D eigenvalue weighted by atomic mass is 35.5. The highest BCUT2D eigenvalue weighted by molar-refractivity contribution is 7.83. The Balaban J connectivity index is 2.25. The zero-order valence-electron chi connectivity index (χ0n) is 12.2. The van der Waals surface area contributed by atoms with Gasteiger partial charge in [-0.3, -0.25) is 9.00 Å². The van der Waals surface area contributed by atoms with Gasteiger partial charge in [-0.2, -0.15) is 0 Å². The Morgan fingerprint density at radius 3 is 2.68 bits per heavy atom. The van der Waals surface area contributed by atoms with Crippen molar-refractivity contribution >= 4 is 34.0 Å². The van der Waals surface area contributed by atoms with Crippen molar-refractivity contribution in [1.29, 1.82) is 0 Å². The average Bonchev–Trinajstić information content (AvgIpc) is 2.44. The minimum Gasteiger partial charge on any atom is -0.322 e. The number of carbonyl (C=O) groups excluding carboxylic acids is 1. The molecular weight excluding hydrogens is 325 g/mol. The molecule has 0 bridgehead atoms. The molecule has 0 aliphatic heterocycles. The fourth-order valence-corrected chi connectivity index (χ4v) is 2.96. The Hall–Kier alpha value is -1.72. The first-order chi connectivity index (χ1) is 10.4. The van der Waals surface area contributed by atoms with E-state index in [2.05, 4.69) is 5.32 Å². The van der Waals surface area contributed by atoms with Crippen LogP contribution in [0.1, 0.15) is 21.5 Å². The van der Waals surface area contributed by atoms with Gasteiger partial charge in [-0.25, -0.2) is 4.39 Å². The number of amides is 1. The fraction of sp³-hybridized carbons (Fsp3) is 0.188. The third kappa shape index (κ3) is 4.15. The molecule has 3 nitrogen and oxygen atoms in total. The third-order valence-corrected chi connectivity index (χ3v) is 4.19. The van der Waals surface area contributed by atoms with Crippen molar-refractivity contribution < 1.29 is 13.4 Å². The molecule has 0 heterocycles. The second-order valence-corrected chi connectivity index (χ2v) is 6.78. The molecule has 0 radical (unpaired) electrons. The Bertz CT molecular complexity index is 749. The molecule has 6 heteroatoms. The molecule has 0 saturated heterocycles. The molecule has 116 valence electrons. The smallest absolute Gasteiger partial charge is 0.256 e. The molecule has 1 atom stereocenters. The van der Waals surface area contributed by atoms with E-state index in [4.69, 9.17) is 11.6 Å². The standard InChI is InChI=1S/C16H15ClFNO2S/c1-10-3-4-12(18)8-14(10)16(20)19-13-5-6-15(17)11(7-13)9-22(2)21/h3-8H,9H2,1-2H3,(H,19,20). The minimum atomic E-state index is -1.04. The van der Waals surface area contributed by atoms with E-state index in [1.54, 1.807) is 37.4 Å². The van der Waals surface area contributed by atoms with E-state index in [-0.39, 0.29) is 5.56 Å². The number of hydrogen-bond donors (Lipinski definition) is 1.